The van der Waals surface area contributed by atoms with Crippen LogP contribution in [0.25, 0.3) is 0 Å². The average molecular weight is 536 g/mol. The van der Waals surface area contributed by atoms with E-state index >= 15 is 0 Å². The molecular formula is C24H21Cl3N4O2S. The minimum absolute atomic E-state index is 0.276. The van der Waals surface area contributed by atoms with Gasteiger partial charge in [0.25, 0.3) is 0 Å². The minimum Gasteiger partial charge on any atom is -0.493 e. The zero-order chi connectivity index (χ0) is 23.9. The first-order valence-electron chi connectivity index (χ1n) is 10.3. The van der Waals surface area contributed by atoms with E-state index in [1.807, 2.05) is 48.5 Å². The molecule has 34 heavy (non-hydrogen) atoms. The molecule has 0 saturated heterocycles. The van der Waals surface area contributed by atoms with Crippen molar-refractivity contribution in [3.05, 3.63) is 98.7 Å². The summed E-state index contributed by atoms with van der Waals surface area (Å²) in [6.07, 6.45) is 1.64. The molecule has 0 spiro atoms. The van der Waals surface area contributed by atoms with Crippen LogP contribution in [0.15, 0.2) is 72.1 Å². The van der Waals surface area contributed by atoms with E-state index in [1.165, 1.54) is 0 Å². The van der Waals surface area contributed by atoms with Crippen molar-refractivity contribution < 1.29 is 9.47 Å². The van der Waals surface area contributed by atoms with Crippen molar-refractivity contribution in [1.82, 2.24) is 14.9 Å². The number of halogens is 3. The zero-order valence-electron chi connectivity index (χ0n) is 18.2. The molecule has 0 unspecified atom stereocenters. The summed E-state index contributed by atoms with van der Waals surface area (Å²) in [5.74, 6) is 2.00. The molecule has 10 heteroatoms. The summed E-state index contributed by atoms with van der Waals surface area (Å²) in [5.41, 5.74) is 6.22. The van der Waals surface area contributed by atoms with Crippen LogP contribution in [0, 0.1) is 0 Å². The van der Waals surface area contributed by atoms with E-state index < -0.39 is 0 Å². The number of hydrogen-bond acceptors (Lipinski definition) is 6. The number of hydrogen-bond donors (Lipinski definition) is 1. The lowest BCUT2D eigenvalue weighted by Crippen LogP contribution is -2.15. The molecule has 3 aromatic carbocycles. The first-order valence-corrected chi connectivity index (χ1v) is 12.4. The maximum absolute atomic E-state index is 6.30. The minimum atomic E-state index is 0.276. The number of methoxy groups -OCH3 is 1. The summed E-state index contributed by atoms with van der Waals surface area (Å²) in [4.78, 5) is 0. The van der Waals surface area contributed by atoms with Crippen molar-refractivity contribution in [2.24, 2.45) is 0 Å². The van der Waals surface area contributed by atoms with Gasteiger partial charge in [-0.3, -0.25) is 0 Å². The van der Waals surface area contributed by atoms with Gasteiger partial charge in [0.1, 0.15) is 12.9 Å². The number of nitrogens with zero attached hydrogens (tertiary/aromatic N) is 3. The van der Waals surface area contributed by atoms with Crippen LogP contribution in [0.3, 0.4) is 0 Å². The Bertz CT molecular complexity index is 1250. The molecule has 0 amide bonds. The largest absolute Gasteiger partial charge is 0.493 e. The molecule has 0 bridgehead atoms. The van der Waals surface area contributed by atoms with Crippen LogP contribution >= 0.6 is 46.6 Å². The van der Waals surface area contributed by atoms with Crippen molar-refractivity contribution in [3.63, 3.8) is 0 Å². The second-order valence-electron chi connectivity index (χ2n) is 7.21. The van der Waals surface area contributed by atoms with Gasteiger partial charge in [0, 0.05) is 31.9 Å². The highest BCUT2D eigenvalue weighted by atomic mass is 35.5. The Hall–Kier alpha value is -2.58. The number of ether oxygens (including phenoxy) is 2. The molecule has 0 saturated carbocycles. The molecule has 0 atom stereocenters. The topological polar surface area (TPSA) is 61.2 Å². The lowest BCUT2D eigenvalue weighted by Gasteiger charge is -2.17. The van der Waals surface area contributed by atoms with Crippen molar-refractivity contribution >= 4 is 46.6 Å². The fraction of sp³-hybridized carbons (Fsp3) is 0.167. The Morgan fingerprint density at radius 1 is 0.971 bits per heavy atom. The molecule has 0 fully saturated rings. The third-order valence-corrected chi connectivity index (χ3v) is 6.76. The Balaban J connectivity index is 1.44. The third-order valence-electron chi connectivity index (χ3n) is 4.91. The first-order chi connectivity index (χ1) is 16.5. The van der Waals surface area contributed by atoms with Gasteiger partial charge in [0.15, 0.2) is 11.5 Å². The zero-order valence-corrected chi connectivity index (χ0v) is 21.3. The lowest BCUT2D eigenvalue weighted by atomic mass is 10.2. The van der Waals surface area contributed by atoms with Crippen LogP contribution in [0.5, 0.6) is 11.5 Å². The maximum Gasteiger partial charge on any atom is 0.210 e. The van der Waals surface area contributed by atoms with Gasteiger partial charge in [-0.05, 0) is 35.9 Å². The summed E-state index contributed by atoms with van der Waals surface area (Å²) >= 11 is 19.8. The van der Waals surface area contributed by atoms with E-state index in [1.54, 1.807) is 42.0 Å². The second-order valence-corrected chi connectivity index (χ2v) is 9.43. The number of benzene rings is 3. The summed E-state index contributed by atoms with van der Waals surface area (Å²) in [6.45, 7) is 0.742. The quantitative estimate of drug-likeness (QED) is 0.224. The highest BCUT2D eigenvalue weighted by Gasteiger charge is 2.13. The molecule has 1 N–H and O–H groups in total. The van der Waals surface area contributed by atoms with E-state index in [0.717, 1.165) is 27.6 Å². The van der Waals surface area contributed by atoms with Gasteiger partial charge < -0.3 is 14.9 Å². The lowest BCUT2D eigenvalue weighted by molar-refractivity contribution is 0.281. The van der Waals surface area contributed by atoms with E-state index in [-0.39, 0.29) is 6.61 Å². The van der Waals surface area contributed by atoms with Crippen molar-refractivity contribution in [1.29, 1.82) is 0 Å². The molecule has 0 radical (unpaired) electrons. The van der Waals surface area contributed by atoms with Crippen LogP contribution in [0.1, 0.15) is 16.7 Å². The van der Waals surface area contributed by atoms with Crippen LogP contribution in [0.4, 0.5) is 0 Å². The van der Waals surface area contributed by atoms with E-state index in [9.17, 15) is 0 Å². The molecule has 0 aliphatic heterocycles. The molecule has 1 aromatic heterocycles. The fourth-order valence-electron chi connectivity index (χ4n) is 3.14. The highest BCUT2D eigenvalue weighted by molar-refractivity contribution is 7.98. The molecule has 6 nitrogen and oxygen atoms in total. The SMILES string of the molecule is COc1cccc(CNn2cnnc2SCc2ccc(Cl)cc2)c1OCc1ccc(Cl)cc1Cl. The van der Waals surface area contributed by atoms with Gasteiger partial charge in [-0.25, -0.2) is 4.68 Å². The summed E-state index contributed by atoms with van der Waals surface area (Å²) < 4.78 is 13.5. The number of aromatic nitrogens is 3. The Morgan fingerprint density at radius 3 is 2.53 bits per heavy atom. The van der Waals surface area contributed by atoms with Gasteiger partial charge >= 0.3 is 0 Å². The fourth-order valence-corrected chi connectivity index (χ4v) is 4.58. The summed E-state index contributed by atoms with van der Waals surface area (Å²) in [7, 11) is 1.61. The predicted molar refractivity (Wildman–Crippen MR) is 138 cm³/mol. The number of thioether (sulfide) groups is 1. The standard InChI is InChI=1S/C24H21Cl3N4O2S/c1-32-22-4-2-3-17(23(22)33-13-18-7-10-20(26)11-21(18)27)12-29-31-15-28-30-24(31)34-14-16-5-8-19(25)9-6-16/h2-11,15,29H,12-14H2,1H3. The summed E-state index contributed by atoms with van der Waals surface area (Å²) in [5, 5.41) is 10.8. The van der Waals surface area contributed by atoms with Gasteiger partial charge in [-0.1, -0.05) is 76.9 Å². The predicted octanol–water partition coefficient (Wildman–Crippen LogP) is 6.86. The van der Waals surface area contributed by atoms with Crippen LogP contribution < -0.4 is 14.9 Å². The Labute approximate surface area is 217 Å². The number of para-hydroxylation sites is 1. The molecule has 1 heterocycles. The smallest absolute Gasteiger partial charge is 0.210 e. The highest BCUT2D eigenvalue weighted by Crippen LogP contribution is 2.33. The Kier molecular flexibility index (Phi) is 8.45. The van der Waals surface area contributed by atoms with Gasteiger partial charge in [0.2, 0.25) is 5.16 Å². The van der Waals surface area contributed by atoms with Gasteiger partial charge in [-0.15, -0.1) is 10.2 Å². The van der Waals surface area contributed by atoms with Gasteiger partial charge in [-0.2, -0.15) is 0 Å². The molecule has 0 aliphatic rings. The molecule has 4 aromatic rings. The molecule has 176 valence electrons. The van der Waals surface area contributed by atoms with Crippen molar-refractivity contribution in [2.45, 2.75) is 24.1 Å². The van der Waals surface area contributed by atoms with E-state index in [4.69, 9.17) is 44.3 Å². The normalized spacial score (nSPS) is 10.8. The summed E-state index contributed by atoms with van der Waals surface area (Å²) in [6, 6.07) is 18.8. The van der Waals surface area contributed by atoms with Crippen LogP contribution in [0.2, 0.25) is 15.1 Å². The van der Waals surface area contributed by atoms with E-state index in [0.29, 0.717) is 33.1 Å². The molecule has 0 aliphatic carbocycles. The van der Waals surface area contributed by atoms with Crippen LogP contribution in [-0.4, -0.2) is 22.0 Å². The van der Waals surface area contributed by atoms with Crippen LogP contribution in [-0.2, 0) is 18.9 Å². The van der Waals surface area contributed by atoms with E-state index in [2.05, 4.69) is 15.6 Å². The Morgan fingerprint density at radius 2 is 1.76 bits per heavy atom. The van der Waals surface area contributed by atoms with Crippen molar-refractivity contribution in [2.75, 3.05) is 12.5 Å². The van der Waals surface area contributed by atoms with Gasteiger partial charge in [0.05, 0.1) is 13.7 Å². The number of nitrogens with one attached hydrogen (secondary N) is 1. The first kappa shape index (κ1) is 24.5. The molecular weight excluding hydrogens is 515 g/mol. The monoisotopic (exact) mass is 534 g/mol. The second kappa shape index (κ2) is 11.7. The molecule has 4 rings (SSSR count). The third kappa shape index (κ3) is 6.30. The number of rotatable bonds is 10. The maximum atomic E-state index is 6.30. The average Bonchev–Trinajstić information content (AvgIpc) is 3.29. The van der Waals surface area contributed by atoms with Crippen molar-refractivity contribution in [3.8, 4) is 11.5 Å².